The van der Waals surface area contributed by atoms with E-state index in [1.54, 1.807) is 22.7 Å². The minimum Gasteiger partial charge on any atom is -0.408 e. The van der Waals surface area contributed by atoms with Gasteiger partial charge in [0, 0.05) is 11.1 Å². The number of nitrogens with one attached hydrogen (secondary N) is 1. The van der Waals surface area contributed by atoms with Gasteiger partial charge in [0.25, 0.3) is 0 Å². The first kappa shape index (κ1) is 14.2. The van der Waals surface area contributed by atoms with Crippen molar-refractivity contribution in [1.29, 1.82) is 0 Å². The van der Waals surface area contributed by atoms with E-state index in [1.165, 1.54) is 10.4 Å². The molecule has 0 aliphatic heterocycles. The molecule has 0 spiro atoms. The van der Waals surface area contributed by atoms with Gasteiger partial charge in [0.1, 0.15) is 5.01 Å². The summed E-state index contributed by atoms with van der Waals surface area (Å²) in [5.41, 5.74) is 1.19. The van der Waals surface area contributed by atoms with E-state index in [2.05, 4.69) is 45.8 Å². The van der Waals surface area contributed by atoms with Crippen LogP contribution in [0.2, 0.25) is 0 Å². The Hall–Kier alpha value is -1.73. The number of hydrogen-bond donors (Lipinski definition) is 1. The molecule has 21 heavy (non-hydrogen) atoms. The number of thiophene rings is 1. The van der Waals surface area contributed by atoms with Crippen LogP contribution in [0.3, 0.4) is 0 Å². The van der Waals surface area contributed by atoms with Crippen molar-refractivity contribution in [3.63, 3.8) is 0 Å². The van der Waals surface area contributed by atoms with E-state index in [0.29, 0.717) is 30.8 Å². The second-order valence-corrected chi connectivity index (χ2v) is 6.90. The third kappa shape index (κ3) is 3.68. The van der Waals surface area contributed by atoms with Gasteiger partial charge in [-0.2, -0.15) is 11.3 Å². The third-order valence-corrected chi connectivity index (χ3v) is 4.96. The summed E-state index contributed by atoms with van der Waals surface area (Å²) in [5, 5.41) is 16.3. The van der Waals surface area contributed by atoms with Crippen molar-refractivity contribution in [2.24, 2.45) is 0 Å². The summed E-state index contributed by atoms with van der Waals surface area (Å²) in [4.78, 5) is 5.68. The Balaban J connectivity index is 1.56. The van der Waals surface area contributed by atoms with Gasteiger partial charge in [-0.3, -0.25) is 0 Å². The van der Waals surface area contributed by atoms with Gasteiger partial charge < -0.3 is 9.73 Å². The fourth-order valence-electron chi connectivity index (χ4n) is 1.79. The molecule has 0 saturated heterocycles. The number of rotatable bonds is 6. The van der Waals surface area contributed by atoms with Crippen molar-refractivity contribution in [1.82, 2.24) is 15.2 Å². The maximum Gasteiger partial charge on any atom is 0.315 e. The molecule has 0 aromatic carbocycles. The fourth-order valence-corrected chi connectivity index (χ4v) is 3.32. The molecule has 0 aliphatic rings. The Kier molecular flexibility index (Phi) is 4.31. The lowest BCUT2D eigenvalue weighted by atomic mass is 10.2. The molecule has 3 aromatic heterocycles. The Morgan fingerprint density at radius 3 is 2.95 bits per heavy atom. The van der Waals surface area contributed by atoms with E-state index < -0.39 is 0 Å². The third-order valence-electron chi connectivity index (χ3n) is 2.93. The summed E-state index contributed by atoms with van der Waals surface area (Å²) in [6.07, 6.45) is 2.61. The number of hydrogen-bond acceptors (Lipinski definition) is 7. The van der Waals surface area contributed by atoms with Gasteiger partial charge in [0.2, 0.25) is 5.89 Å². The standard InChI is InChI=1S/C14H16N4OS2/c1-9(2)11-6-15-13(21-11)7-16-14-18-17-12(19-14)5-10-3-4-20-8-10/h3-4,6,8-9H,5,7H2,1-2H3,(H,16,18). The first-order valence-electron chi connectivity index (χ1n) is 6.72. The van der Waals surface area contributed by atoms with Crippen LogP contribution in [0.25, 0.3) is 0 Å². The molecular formula is C14H16N4OS2. The van der Waals surface area contributed by atoms with Crippen molar-refractivity contribution in [3.05, 3.63) is 44.4 Å². The van der Waals surface area contributed by atoms with Gasteiger partial charge in [-0.05, 0) is 28.3 Å². The summed E-state index contributed by atoms with van der Waals surface area (Å²) in [5.74, 6) is 1.13. The highest BCUT2D eigenvalue weighted by Crippen LogP contribution is 2.22. The van der Waals surface area contributed by atoms with Crippen LogP contribution < -0.4 is 5.32 Å². The molecule has 0 atom stereocenters. The Labute approximate surface area is 131 Å². The maximum absolute atomic E-state index is 5.58. The van der Waals surface area contributed by atoms with Crippen LogP contribution >= 0.6 is 22.7 Å². The smallest absolute Gasteiger partial charge is 0.315 e. The molecule has 0 amide bonds. The topological polar surface area (TPSA) is 63.8 Å². The lowest BCUT2D eigenvalue weighted by molar-refractivity contribution is 0.516. The largest absolute Gasteiger partial charge is 0.408 e. The molecule has 1 N–H and O–H groups in total. The van der Waals surface area contributed by atoms with E-state index in [-0.39, 0.29) is 0 Å². The summed E-state index contributed by atoms with van der Waals surface area (Å²) in [7, 11) is 0. The summed E-state index contributed by atoms with van der Waals surface area (Å²) in [6.45, 7) is 4.94. The molecule has 5 nitrogen and oxygen atoms in total. The van der Waals surface area contributed by atoms with Crippen molar-refractivity contribution in [3.8, 4) is 0 Å². The highest BCUT2D eigenvalue weighted by Gasteiger charge is 2.09. The minimum absolute atomic E-state index is 0.446. The van der Waals surface area contributed by atoms with Gasteiger partial charge in [-0.15, -0.1) is 16.4 Å². The van der Waals surface area contributed by atoms with Crippen molar-refractivity contribution < 1.29 is 4.42 Å². The first-order valence-corrected chi connectivity index (χ1v) is 8.48. The zero-order chi connectivity index (χ0) is 14.7. The Morgan fingerprint density at radius 1 is 1.33 bits per heavy atom. The van der Waals surface area contributed by atoms with Crippen LogP contribution in [0, 0.1) is 0 Å². The summed E-state index contributed by atoms with van der Waals surface area (Å²) < 4.78 is 5.58. The summed E-state index contributed by atoms with van der Waals surface area (Å²) in [6, 6.07) is 2.51. The maximum atomic E-state index is 5.58. The number of anilines is 1. The molecule has 110 valence electrons. The second-order valence-electron chi connectivity index (χ2n) is 4.97. The monoisotopic (exact) mass is 320 g/mol. The zero-order valence-electron chi connectivity index (χ0n) is 11.9. The first-order chi connectivity index (χ1) is 10.2. The van der Waals surface area contributed by atoms with Crippen LogP contribution in [-0.4, -0.2) is 15.2 Å². The predicted molar refractivity (Wildman–Crippen MR) is 85.0 cm³/mol. The van der Waals surface area contributed by atoms with E-state index in [9.17, 15) is 0 Å². The SMILES string of the molecule is CC(C)c1cnc(CNc2nnc(Cc3ccsc3)o2)s1. The van der Waals surface area contributed by atoms with Crippen molar-refractivity contribution in [2.45, 2.75) is 32.7 Å². The fraction of sp³-hybridized carbons (Fsp3) is 0.357. The van der Waals surface area contributed by atoms with Gasteiger partial charge >= 0.3 is 6.01 Å². The van der Waals surface area contributed by atoms with Crippen molar-refractivity contribution >= 4 is 28.7 Å². The average Bonchev–Trinajstić information content (AvgIpc) is 3.18. The molecule has 0 radical (unpaired) electrons. The Bertz CT molecular complexity index is 687. The van der Waals surface area contributed by atoms with Crippen LogP contribution in [0.5, 0.6) is 0 Å². The number of aromatic nitrogens is 3. The van der Waals surface area contributed by atoms with Crippen molar-refractivity contribution in [2.75, 3.05) is 5.32 Å². The van der Waals surface area contributed by atoms with Crippen LogP contribution in [0.1, 0.15) is 41.1 Å². The van der Waals surface area contributed by atoms with Gasteiger partial charge in [0.15, 0.2) is 0 Å². The van der Waals surface area contributed by atoms with Crippen LogP contribution in [0.4, 0.5) is 6.01 Å². The van der Waals surface area contributed by atoms with Gasteiger partial charge in [-0.1, -0.05) is 18.9 Å². The molecule has 3 rings (SSSR count). The zero-order valence-corrected chi connectivity index (χ0v) is 13.5. The van der Waals surface area contributed by atoms with E-state index >= 15 is 0 Å². The molecule has 0 unspecified atom stereocenters. The van der Waals surface area contributed by atoms with Gasteiger partial charge in [0.05, 0.1) is 13.0 Å². The highest BCUT2D eigenvalue weighted by atomic mass is 32.1. The lowest BCUT2D eigenvalue weighted by Crippen LogP contribution is -1.98. The normalized spacial score (nSPS) is 11.2. The second kappa shape index (κ2) is 6.36. The predicted octanol–water partition coefficient (Wildman–Crippen LogP) is 3.91. The Morgan fingerprint density at radius 2 is 2.24 bits per heavy atom. The number of thiazole rings is 1. The van der Waals surface area contributed by atoms with Crippen LogP contribution in [0.15, 0.2) is 27.4 Å². The van der Waals surface area contributed by atoms with Gasteiger partial charge in [-0.25, -0.2) is 4.98 Å². The van der Waals surface area contributed by atoms with E-state index in [4.69, 9.17) is 4.42 Å². The summed E-state index contributed by atoms with van der Waals surface area (Å²) >= 11 is 3.37. The number of nitrogens with zero attached hydrogens (tertiary/aromatic N) is 3. The average molecular weight is 320 g/mol. The minimum atomic E-state index is 0.446. The van der Waals surface area contributed by atoms with E-state index in [0.717, 1.165) is 5.01 Å². The van der Waals surface area contributed by atoms with Crippen LogP contribution in [-0.2, 0) is 13.0 Å². The highest BCUT2D eigenvalue weighted by molar-refractivity contribution is 7.11. The lowest BCUT2D eigenvalue weighted by Gasteiger charge is -1.98. The quantitative estimate of drug-likeness (QED) is 0.746. The molecular weight excluding hydrogens is 304 g/mol. The molecule has 0 fully saturated rings. The molecule has 0 saturated carbocycles. The molecule has 3 aromatic rings. The van der Waals surface area contributed by atoms with E-state index in [1.807, 2.05) is 11.6 Å². The molecule has 0 aliphatic carbocycles. The molecule has 7 heteroatoms. The molecule has 0 bridgehead atoms. The molecule has 3 heterocycles.